The number of fused-ring (bicyclic) bond motifs is 6. The van der Waals surface area contributed by atoms with E-state index >= 15 is 0 Å². The molecule has 3 aromatic heterocycles. The average molecular weight is 884 g/mol. The number of carbonyl (C=O) groups is 4. The van der Waals surface area contributed by atoms with Crippen molar-refractivity contribution in [2.24, 2.45) is 11.3 Å². The lowest BCUT2D eigenvalue weighted by molar-refractivity contribution is -0.155. The number of carbonyl (C=O) groups excluding carboxylic acids is 4. The number of urea groups is 1. The molecule has 2 fully saturated rings. The van der Waals surface area contributed by atoms with Crippen LogP contribution in [-0.2, 0) is 43.2 Å². The summed E-state index contributed by atoms with van der Waals surface area (Å²) in [5.74, 6) is -1.50. The molecule has 2 N–H and O–H groups in total. The number of hydrazine groups is 1. The number of amides is 4. The molecule has 3 aliphatic rings. The number of esters is 1. The molecule has 2 saturated heterocycles. The smallest absolute Gasteiger partial charge is 0.324 e. The first-order chi connectivity index (χ1) is 30.1. The number of hydrogen-bond donors (Lipinski definition) is 2. The van der Waals surface area contributed by atoms with Crippen LogP contribution in [0.2, 0.25) is 0 Å². The summed E-state index contributed by atoms with van der Waals surface area (Å²) in [7, 11) is 5.40. The zero-order valence-corrected chi connectivity index (χ0v) is 39.2. The van der Waals surface area contributed by atoms with Crippen molar-refractivity contribution in [3.8, 4) is 22.5 Å². The van der Waals surface area contributed by atoms with E-state index in [0.29, 0.717) is 50.4 Å². The maximum atomic E-state index is 14.6. The second-order valence-electron chi connectivity index (χ2n) is 18.5. The first-order valence-electron chi connectivity index (χ1n) is 22.4. The van der Waals surface area contributed by atoms with Crippen LogP contribution in [0, 0.1) is 11.3 Å². The van der Waals surface area contributed by atoms with E-state index in [1.807, 2.05) is 39.3 Å². The lowest BCUT2D eigenvalue weighted by Crippen LogP contribution is -2.62. The van der Waals surface area contributed by atoms with Crippen LogP contribution in [0.1, 0.15) is 83.2 Å². The van der Waals surface area contributed by atoms with Gasteiger partial charge in [-0.1, -0.05) is 33.8 Å². The Bertz CT molecular complexity index is 2310. The van der Waals surface area contributed by atoms with Crippen LogP contribution >= 0.6 is 11.3 Å². The molecule has 1 unspecified atom stereocenters. The van der Waals surface area contributed by atoms with E-state index in [2.05, 4.69) is 65.2 Å². The van der Waals surface area contributed by atoms with Crippen molar-refractivity contribution in [2.75, 3.05) is 60.5 Å². The number of rotatable bonds is 8. The van der Waals surface area contributed by atoms with Crippen molar-refractivity contribution in [3.05, 3.63) is 58.2 Å². The fourth-order valence-electron chi connectivity index (χ4n) is 9.33. The molecule has 4 atom stereocenters. The van der Waals surface area contributed by atoms with Gasteiger partial charge in [-0.3, -0.25) is 24.4 Å². The standard InChI is InChI=1S/C47H65N9O6S/c1-10-55-38-17-16-31-24-33(38)34(42(55)32-14-11-18-48-40(32)30(4)61-9)26-47(5,6)28-62-45(59)35-15-12-21-56(51-35)44(58)36(25-39-49-37(31)27-63-39)50-43(57)41(29(2)3)53(8)46(60)54-20-13-19-52(7)22-23-54/h11,14,16-18,24,27,29-30,35-36,41,51H,10,12-13,15,19-23,25-26,28H2,1-9H3,(H,50,57)/t30-,35?,36-,41-/m0/s1. The van der Waals surface area contributed by atoms with Gasteiger partial charge in [0.05, 0.1) is 34.8 Å². The van der Waals surface area contributed by atoms with Gasteiger partial charge in [0.25, 0.3) is 5.91 Å². The quantitative estimate of drug-likeness (QED) is 0.204. The van der Waals surface area contributed by atoms with E-state index in [1.165, 1.54) is 21.2 Å². The van der Waals surface area contributed by atoms with Crippen molar-refractivity contribution in [1.82, 2.24) is 45.0 Å². The zero-order valence-electron chi connectivity index (χ0n) is 38.4. The van der Waals surface area contributed by atoms with Crippen LogP contribution in [0.5, 0.6) is 0 Å². The summed E-state index contributed by atoms with van der Waals surface area (Å²) < 4.78 is 14.3. The second kappa shape index (κ2) is 19.5. The van der Waals surface area contributed by atoms with Crippen LogP contribution in [-0.4, -0.2) is 137 Å². The molecule has 6 bridgehead atoms. The van der Waals surface area contributed by atoms with Gasteiger partial charge in [-0.15, -0.1) is 11.3 Å². The number of aromatic nitrogens is 3. The van der Waals surface area contributed by atoms with Crippen molar-refractivity contribution in [3.63, 3.8) is 0 Å². The highest BCUT2D eigenvalue weighted by Gasteiger charge is 2.39. The normalized spacial score (nSPS) is 21.1. The summed E-state index contributed by atoms with van der Waals surface area (Å²) in [5.41, 5.74) is 9.41. The SMILES string of the molecule is CCn1c(-c2cccnc2[C@H](C)OC)c2c3cc(ccc31)-c1csc(n1)C[C@H](NC(=O)[C@H](C(C)C)N(C)C(=O)N1CCCN(C)CC1)C(=O)N1CCCC(N1)C(=O)OCC(C)(C)C2. The zero-order chi connectivity index (χ0) is 45.2. The molecule has 16 heteroatoms. The summed E-state index contributed by atoms with van der Waals surface area (Å²) in [6.45, 7) is 16.2. The molecule has 3 aliphatic heterocycles. The number of nitrogens with one attached hydrogen (secondary N) is 2. The highest BCUT2D eigenvalue weighted by Crippen LogP contribution is 2.42. The number of ether oxygens (including phenoxy) is 2. The minimum absolute atomic E-state index is 0.114. The van der Waals surface area contributed by atoms with Crippen LogP contribution in [0.15, 0.2) is 41.9 Å². The molecule has 340 valence electrons. The number of likely N-dealkylation sites (N-methyl/N-ethyl adjacent to an activating group) is 2. The highest BCUT2D eigenvalue weighted by molar-refractivity contribution is 7.10. The Labute approximate surface area is 375 Å². The summed E-state index contributed by atoms with van der Waals surface area (Å²) in [6, 6.07) is 7.63. The Hall–Kier alpha value is -4.90. The van der Waals surface area contributed by atoms with E-state index in [9.17, 15) is 19.2 Å². The number of hydrogen-bond acceptors (Lipinski definition) is 11. The van der Waals surface area contributed by atoms with Crippen LogP contribution in [0.4, 0.5) is 4.79 Å². The monoisotopic (exact) mass is 883 g/mol. The largest absolute Gasteiger partial charge is 0.464 e. The van der Waals surface area contributed by atoms with E-state index in [1.54, 1.807) is 25.3 Å². The fraction of sp³-hybridized carbons (Fsp3) is 0.574. The molecular formula is C47H65N9O6S. The molecule has 7 rings (SSSR count). The van der Waals surface area contributed by atoms with E-state index in [-0.39, 0.29) is 37.0 Å². The Balaban J connectivity index is 1.28. The molecule has 15 nitrogen and oxygen atoms in total. The summed E-state index contributed by atoms with van der Waals surface area (Å²) in [4.78, 5) is 72.2. The van der Waals surface area contributed by atoms with Gasteiger partial charge in [0.2, 0.25) is 5.91 Å². The van der Waals surface area contributed by atoms with Crippen molar-refractivity contribution >= 4 is 46.1 Å². The van der Waals surface area contributed by atoms with Gasteiger partial charge in [-0.25, -0.2) is 15.2 Å². The van der Waals surface area contributed by atoms with Gasteiger partial charge in [-0.05, 0) is 88.9 Å². The number of aryl methyl sites for hydroxylation is 1. The Kier molecular flexibility index (Phi) is 14.2. The molecular weight excluding hydrogens is 819 g/mol. The predicted octanol–water partition coefficient (Wildman–Crippen LogP) is 5.92. The minimum Gasteiger partial charge on any atom is -0.464 e. The first kappa shape index (κ1) is 46.1. The van der Waals surface area contributed by atoms with Gasteiger partial charge in [0, 0.05) is 92.3 Å². The first-order valence-corrected chi connectivity index (χ1v) is 23.3. The van der Waals surface area contributed by atoms with Gasteiger partial charge in [0.15, 0.2) is 0 Å². The van der Waals surface area contributed by atoms with Crippen molar-refractivity contribution < 1.29 is 28.7 Å². The number of pyridine rings is 1. The second-order valence-corrected chi connectivity index (χ2v) is 19.4. The lowest BCUT2D eigenvalue weighted by atomic mass is 9.84. The number of nitrogens with zero attached hydrogens (tertiary/aromatic N) is 7. The third-order valence-electron chi connectivity index (χ3n) is 12.8. The van der Waals surface area contributed by atoms with Crippen LogP contribution in [0.3, 0.4) is 0 Å². The Morgan fingerprint density at radius 2 is 1.89 bits per heavy atom. The summed E-state index contributed by atoms with van der Waals surface area (Å²) in [5, 5.41) is 8.24. The molecule has 1 aromatic carbocycles. The molecule has 0 spiro atoms. The Morgan fingerprint density at radius 3 is 2.63 bits per heavy atom. The Morgan fingerprint density at radius 1 is 1.10 bits per heavy atom. The van der Waals surface area contributed by atoms with E-state index < -0.39 is 35.4 Å². The third-order valence-corrected chi connectivity index (χ3v) is 13.6. The van der Waals surface area contributed by atoms with E-state index in [4.69, 9.17) is 19.4 Å². The maximum Gasteiger partial charge on any atom is 0.324 e. The number of cyclic esters (lactones) is 1. The molecule has 0 saturated carbocycles. The van der Waals surface area contributed by atoms with Crippen LogP contribution in [0.25, 0.3) is 33.4 Å². The van der Waals surface area contributed by atoms with Gasteiger partial charge in [0.1, 0.15) is 18.1 Å². The van der Waals surface area contributed by atoms with Crippen LogP contribution < -0.4 is 10.7 Å². The number of thiazole rings is 1. The van der Waals surface area contributed by atoms with Crippen molar-refractivity contribution in [2.45, 2.75) is 104 Å². The maximum absolute atomic E-state index is 14.6. The van der Waals surface area contributed by atoms with Crippen molar-refractivity contribution in [1.29, 1.82) is 0 Å². The number of benzene rings is 1. The summed E-state index contributed by atoms with van der Waals surface area (Å²) >= 11 is 1.43. The van der Waals surface area contributed by atoms with Gasteiger partial charge >= 0.3 is 12.0 Å². The predicted molar refractivity (Wildman–Crippen MR) is 245 cm³/mol. The molecule has 4 aromatic rings. The fourth-order valence-corrected chi connectivity index (χ4v) is 10.2. The summed E-state index contributed by atoms with van der Waals surface area (Å²) in [6.07, 6.45) is 4.16. The lowest BCUT2D eigenvalue weighted by Gasteiger charge is -2.37. The van der Waals surface area contributed by atoms with Gasteiger partial charge < -0.3 is 34.1 Å². The molecule has 63 heavy (non-hydrogen) atoms. The number of methoxy groups -OCH3 is 1. The highest BCUT2D eigenvalue weighted by atomic mass is 32.1. The molecule has 6 heterocycles. The molecule has 4 amide bonds. The molecule has 0 radical (unpaired) electrons. The molecule has 0 aliphatic carbocycles. The van der Waals surface area contributed by atoms with E-state index in [0.717, 1.165) is 64.2 Å². The third kappa shape index (κ3) is 9.93. The average Bonchev–Trinajstić information content (AvgIpc) is 3.78. The topological polar surface area (TPSA) is 154 Å². The minimum atomic E-state index is -1.04. The van der Waals surface area contributed by atoms with Gasteiger partial charge in [-0.2, -0.15) is 0 Å².